The van der Waals surface area contributed by atoms with Crippen molar-refractivity contribution in [3.05, 3.63) is 51.3 Å². The Bertz CT molecular complexity index is 1070. The van der Waals surface area contributed by atoms with Crippen LogP contribution in [0.4, 0.5) is 5.69 Å². The van der Waals surface area contributed by atoms with Crippen molar-refractivity contribution >= 4 is 24.9 Å². The molecule has 1 aromatic carbocycles. The minimum absolute atomic E-state index is 0.0231. The maximum atomic E-state index is 13.4. The molecule has 0 fully saturated rings. The van der Waals surface area contributed by atoms with Gasteiger partial charge in [-0.05, 0) is 38.7 Å². The summed E-state index contributed by atoms with van der Waals surface area (Å²) >= 11 is 0. The van der Waals surface area contributed by atoms with Crippen LogP contribution in [0.5, 0.6) is 0 Å². The zero-order valence-electron chi connectivity index (χ0n) is 23.0. The molecule has 0 saturated carbocycles. The van der Waals surface area contributed by atoms with Crippen molar-refractivity contribution in [3.8, 4) is 11.1 Å². The molecular weight excluding hydrogens is 511 g/mol. The molecule has 0 aliphatic heterocycles. The molecule has 0 amide bonds. The minimum Gasteiger partial charge on any atom is -0.460 e. The van der Waals surface area contributed by atoms with Gasteiger partial charge in [-0.15, -0.1) is 0 Å². The lowest BCUT2D eigenvalue weighted by Gasteiger charge is -2.23. The number of hydrogen-bond donors (Lipinski definition) is 1. The normalized spacial score (nSPS) is 11.5. The number of rotatable bonds is 17. The number of ether oxygens (including phenoxy) is 2. The van der Waals surface area contributed by atoms with Crippen LogP contribution in [-0.4, -0.2) is 53.8 Å². The number of nitro benzene ring substituents is 1. The van der Waals surface area contributed by atoms with E-state index in [9.17, 15) is 19.8 Å². The second-order valence-corrected chi connectivity index (χ2v) is 10.8. The number of nitro groups is 1. The quantitative estimate of drug-likeness (QED) is 0.0843. The average molecular weight is 552 g/mol. The molecule has 38 heavy (non-hydrogen) atoms. The average Bonchev–Trinajstić information content (AvgIpc) is 2.88. The number of esters is 1. The van der Waals surface area contributed by atoms with Crippen molar-refractivity contribution in [1.82, 2.24) is 4.98 Å². The highest BCUT2D eigenvalue weighted by atomic mass is 31.2. The zero-order chi connectivity index (χ0) is 28.1. The number of carbonyl (C=O) groups excluding carboxylic acids is 1. The van der Waals surface area contributed by atoms with E-state index in [0.717, 1.165) is 19.3 Å². The summed E-state index contributed by atoms with van der Waals surface area (Å²) < 4.78 is 23.0. The van der Waals surface area contributed by atoms with Gasteiger partial charge >= 0.3 is 13.9 Å². The molecule has 0 radical (unpaired) electrons. The lowest BCUT2D eigenvalue weighted by molar-refractivity contribution is -0.384. The first kappa shape index (κ1) is 31.7. The van der Waals surface area contributed by atoms with E-state index in [1.165, 1.54) is 18.2 Å². The summed E-state index contributed by atoms with van der Waals surface area (Å²) in [6.07, 6.45) is 3.91. The Kier molecular flexibility index (Phi) is 13.2. The van der Waals surface area contributed by atoms with Crippen LogP contribution < -0.4 is 5.30 Å². The van der Waals surface area contributed by atoms with E-state index in [-0.39, 0.29) is 48.5 Å². The first-order valence-corrected chi connectivity index (χ1v) is 14.7. The molecule has 1 aromatic heterocycles. The van der Waals surface area contributed by atoms with Crippen LogP contribution >= 0.6 is 7.94 Å². The van der Waals surface area contributed by atoms with Gasteiger partial charge in [0, 0.05) is 18.7 Å². The van der Waals surface area contributed by atoms with E-state index in [0.29, 0.717) is 36.4 Å². The molecule has 2 aromatic rings. The van der Waals surface area contributed by atoms with E-state index < -0.39 is 18.8 Å². The van der Waals surface area contributed by atoms with Crippen molar-refractivity contribution < 1.29 is 33.1 Å². The van der Waals surface area contributed by atoms with E-state index in [1.54, 1.807) is 19.9 Å². The molecule has 2 rings (SSSR count). The molecule has 0 spiro atoms. The lowest BCUT2D eigenvalue weighted by atomic mass is 9.97. The summed E-state index contributed by atoms with van der Waals surface area (Å²) in [6.45, 7) is 10.6. The van der Waals surface area contributed by atoms with Crippen molar-refractivity contribution in [1.29, 1.82) is 0 Å². The number of carbonyl (C=O) groups is 1. The third-order valence-corrected chi connectivity index (χ3v) is 7.87. The van der Waals surface area contributed by atoms with Crippen molar-refractivity contribution in [3.63, 3.8) is 0 Å². The van der Waals surface area contributed by atoms with Crippen molar-refractivity contribution in [2.75, 3.05) is 33.0 Å². The van der Waals surface area contributed by atoms with E-state index in [4.69, 9.17) is 18.5 Å². The van der Waals surface area contributed by atoms with Crippen LogP contribution in [0.1, 0.15) is 74.6 Å². The number of benzene rings is 1. The maximum Gasteiger partial charge on any atom is 0.448 e. The molecule has 0 aliphatic rings. The summed E-state index contributed by atoms with van der Waals surface area (Å²) in [6, 6.07) is 5.91. The Morgan fingerprint density at radius 2 is 1.63 bits per heavy atom. The zero-order valence-corrected chi connectivity index (χ0v) is 23.9. The van der Waals surface area contributed by atoms with Gasteiger partial charge in [-0.25, -0.2) is 4.79 Å². The van der Waals surface area contributed by atoms with Crippen LogP contribution in [0.3, 0.4) is 0 Å². The van der Waals surface area contributed by atoms with Gasteiger partial charge in [0.25, 0.3) is 5.69 Å². The highest BCUT2D eigenvalue weighted by Crippen LogP contribution is 2.59. The number of pyridine rings is 1. The van der Waals surface area contributed by atoms with Crippen LogP contribution in [0.2, 0.25) is 0 Å². The first-order chi connectivity index (χ1) is 18.2. The maximum absolute atomic E-state index is 13.4. The first-order valence-electron chi connectivity index (χ1n) is 13.1. The topological polar surface area (TPSA) is 130 Å². The third-order valence-electron chi connectivity index (χ3n) is 5.70. The molecule has 0 bridgehead atoms. The number of aryl methyl sites for hydroxylation is 2. The van der Waals surface area contributed by atoms with Gasteiger partial charge in [-0.2, -0.15) is 13.9 Å². The monoisotopic (exact) mass is 551 g/mol. The highest BCUT2D eigenvalue weighted by molar-refractivity contribution is 7.69. The van der Waals surface area contributed by atoms with Gasteiger partial charge in [-0.3, -0.25) is 15.1 Å². The molecule has 0 saturated heterocycles. The Balaban J connectivity index is 2.75. The number of unbranched alkanes of at least 4 members (excludes halogenated alkanes) is 2. The van der Waals surface area contributed by atoms with Gasteiger partial charge in [0.1, 0.15) is 6.61 Å². The van der Waals surface area contributed by atoms with Crippen LogP contribution in [-0.2, 0) is 18.5 Å². The van der Waals surface area contributed by atoms with Gasteiger partial charge in [0.05, 0.1) is 47.3 Å². The molecule has 0 atom stereocenters. The molecule has 0 unspecified atom stereocenters. The summed E-state index contributed by atoms with van der Waals surface area (Å²) in [4.78, 5) is 41.0. The third kappa shape index (κ3) is 8.51. The Morgan fingerprint density at radius 1 is 0.974 bits per heavy atom. The van der Waals surface area contributed by atoms with Gasteiger partial charge in [-0.1, -0.05) is 45.7 Å². The van der Waals surface area contributed by atoms with Crippen LogP contribution in [0, 0.1) is 24.0 Å². The predicted molar refractivity (Wildman–Crippen MR) is 148 cm³/mol. The molecule has 10 nitrogen and oxygen atoms in total. The molecular formula is C27H40N2O8P+. The Hall–Kier alpha value is -2.49. The Labute approximate surface area is 225 Å². The summed E-state index contributed by atoms with van der Waals surface area (Å²) in [7, 11) is -3.75. The van der Waals surface area contributed by atoms with E-state index >= 15 is 0 Å². The van der Waals surface area contributed by atoms with Gasteiger partial charge in [0.2, 0.25) is 5.30 Å². The number of aromatic nitrogens is 1. The molecule has 0 aliphatic carbocycles. The minimum atomic E-state index is -3.75. The standard InChI is InChI=1S/C27H40N2O8P/c1-6-9-15-36-38(33,37-16-10-7-2)26-21(5)28-20(4)24(27(30)35-18-17-34-14-8-3)25(26)22-12-11-13-23(19-22)29(31)32/h11-13,19,33H,6-10,14-18H2,1-5H3/q+1. The summed E-state index contributed by atoms with van der Waals surface area (Å²) in [5, 5.41) is 11.8. The SMILES string of the molecule is CCCCO[P+](O)(OCCCC)c1c(C)nc(C)c(C(=O)OCCOCCC)c1-c1cccc([N+](=O)[O-])c1. The molecule has 1 heterocycles. The molecule has 11 heteroatoms. The van der Waals surface area contributed by atoms with Crippen molar-refractivity contribution in [2.45, 2.75) is 66.7 Å². The van der Waals surface area contributed by atoms with Crippen molar-refractivity contribution in [2.24, 2.45) is 0 Å². The fourth-order valence-electron chi connectivity index (χ4n) is 3.84. The highest BCUT2D eigenvalue weighted by Gasteiger charge is 2.50. The van der Waals surface area contributed by atoms with Crippen LogP contribution in [0.25, 0.3) is 11.1 Å². The largest absolute Gasteiger partial charge is 0.460 e. The van der Waals surface area contributed by atoms with Gasteiger partial charge in [0.15, 0.2) is 0 Å². The van der Waals surface area contributed by atoms with E-state index in [2.05, 4.69) is 4.98 Å². The predicted octanol–water partition coefficient (Wildman–Crippen LogP) is 5.87. The smallest absolute Gasteiger partial charge is 0.448 e. The molecule has 1 N–H and O–H groups in total. The number of nitrogens with zero attached hydrogens (tertiary/aromatic N) is 2. The van der Waals surface area contributed by atoms with Crippen LogP contribution in [0.15, 0.2) is 24.3 Å². The lowest BCUT2D eigenvalue weighted by Crippen LogP contribution is -2.27. The van der Waals surface area contributed by atoms with E-state index in [1.807, 2.05) is 20.8 Å². The Morgan fingerprint density at radius 3 is 2.21 bits per heavy atom. The summed E-state index contributed by atoms with van der Waals surface area (Å²) in [5.41, 5.74) is 1.33. The number of hydrogen-bond acceptors (Lipinski definition) is 9. The summed E-state index contributed by atoms with van der Waals surface area (Å²) in [5.74, 6) is -0.675. The fraction of sp³-hybridized carbons (Fsp3) is 0.556. The molecule has 210 valence electrons. The second kappa shape index (κ2) is 15.8. The fourth-order valence-corrected chi connectivity index (χ4v) is 5.90. The van der Waals surface area contributed by atoms with Gasteiger partial charge < -0.3 is 9.47 Å². The second-order valence-electron chi connectivity index (χ2n) is 8.83. The number of non-ortho nitro benzene ring substituents is 1.